The molecule has 0 aromatic carbocycles. The van der Waals surface area contributed by atoms with Crippen LogP contribution in [0, 0.1) is 0 Å². The zero-order chi connectivity index (χ0) is 12.3. The quantitative estimate of drug-likeness (QED) is 0.255. The van der Waals surface area contributed by atoms with Crippen LogP contribution in [0.3, 0.4) is 0 Å². The fourth-order valence-electron chi connectivity index (χ4n) is 1.43. The number of carbonyl (C=O) groups is 1. The van der Waals surface area contributed by atoms with Gasteiger partial charge in [-0.25, -0.2) is 4.79 Å². The van der Waals surface area contributed by atoms with Crippen molar-refractivity contribution in [2.24, 2.45) is 0 Å². The molecule has 1 saturated heterocycles. The van der Waals surface area contributed by atoms with Gasteiger partial charge in [0.05, 0.1) is 0 Å². The van der Waals surface area contributed by atoms with Crippen LogP contribution in [0.2, 0.25) is 0 Å². The fourth-order valence-corrected chi connectivity index (χ4v) is 3.31. The number of urea groups is 1. The van der Waals surface area contributed by atoms with Gasteiger partial charge in [0, 0.05) is 18.3 Å². The van der Waals surface area contributed by atoms with Gasteiger partial charge in [-0.15, -0.1) is 4.53 Å². The molecule has 1 aliphatic rings. The standard InChI is InChI=1S/C8H14Cl3N3OS/c1-3-4-5-6-12-7(15)13(11)14(16-2)8(12,9)10/h3-6H2,1-2H3. The SMILES string of the molecule is CCCCCN1C(=O)N(Cl)N(SC)C1(Cl)Cl. The van der Waals surface area contributed by atoms with Crippen molar-refractivity contribution in [3.63, 3.8) is 0 Å². The average Bonchev–Trinajstić information content (AvgIpc) is 2.38. The molecule has 1 rings (SSSR count). The summed E-state index contributed by atoms with van der Waals surface area (Å²) in [6.07, 6.45) is 4.69. The number of carbonyl (C=O) groups excluding carboxylic acids is 1. The zero-order valence-electron chi connectivity index (χ0n) is 9.12. The maximum atomic E-state index is 11.8. The number of hydrazine groups is 1. The Kier molecular flexibility index (Phi) is 5.32. The number of halogens is 3. The van der Waals surface area contributed by atoms with Crippen LogP contribution in [-0.2, 0) is 0 Å². The summed E-state index contributed by atoms with van der Waals surface area (Å²) < 4.78 is 0.828. The summed E-state index contributed by atoms with van der Waals surface area (Å²) in [4.78, 5) is 13.1. The second-order valence-corrected chi connectivity index (χ2v) is 5.65. The number of nitrogens with zero attached hydrogens (tertiary/aromatic N) is 3. The van der Waals surface area contributed by atoms with E-state index < -0.39 is 10.6 Å². The van der Waals surface area contributed by atoms with Gasteiger partial charge in [0.15, 0.2) is 0 Å². The summed E-state index contributed by atoms with van der Waals surface area (Å²) in [5, 5.41) is 0. The molecule has 0 spiro atoms. The number of hydrogen-bond acceptors (Lipinski definition) is 3. The lowest BCUT2D eigenvalue weighted by molar-refractivity contribution is 0.200. The van der Waals surface area contributed by atoms with Gasteiger partial charge in [-0.05, 0) is 12.7 Å². The largest absolute Gasteiger partial charge is 0.354 e. The van der Waals surface area contributed by atoms with Gasteiger partial charge in [-0.2, -0.15) is 0 Å². The second-order valence-electron chi connectivity index (χ2n) is 3.37. The van der Waals surface area contributed by atoms with E-state index in [0.717, 1.165) is 23.8 Å². The van der Waals surface area contributed by atoms with E-state index >= 15 is 0 Å². The Morgan fingerprint density at radius 1 is 1.38 bits per heavy atom. The molecule has 1 heterocycles. The first-order valence-corrected chi connectivity index (χ1v) is 7.24. The molecule has 94 valence electrons. The molecule has 8 heteroatoms. The monoisotopic (exact) mass is 305 g/mol. The predicted molar refractivity (Wildman–Crippen MR) is 69.1 cm³/mol. The van der Waals surface area contributed by atoms with Crippen LogP contribution >= 0.6 is 46.9 Å². The second kappa shape index (κ2) is 5.87. The van der Waals surface area contributed by atoms with E-state index in [4.69, 9.17) is 35.0 Å². The minimum atomic E-state index is -1.41. The number of amides is 2. The summed E-state index contributed by atoms with van der Waals surface area (Å²) >= 11 is 19.2. The van der Waals surface area contributed by atoms with Crippen LogP contribution in [0.4, 0.5) is 4.79 Å². The van der Waals surface area contributed by atoms with Crippen molar-refractivity contribution >= 4 is 53.0 Å². The highest BCUT2D eigenvalue weighted by molar-refractivity contribution is 7.96. The van der Waals surface area contributed by atoms with E-state index in [1.807, 2.05) is 0 Å². The molecule has 0 bridgehead atoms. The Hall–Kier alpha value is 0.450. The van der Waals surface area contributed by atoms with Gasteiger partial charge < -0.3 is 0 Å². The summed E-state index contributed by atoms with van der Waals surface area (Å²) in [6, 6.07) is -0.392. The van der Waals surface area contributed by atoms with Crippen molar-refractivity contribution in [1.29, 1.82) is 0 Å². The Balaban J connectivity index is 2.72. The van der Waals surface area contributed by atoms with E-state index in [-0.39, 0.29) is 0 Å². The molecule has 0 aromatic heterocycles. The summed E-state index contributed by atoms with van der Waals surface area (Å²) in [6.45, 7) is 2.59. The first-order chi connectivity index (χ1) is 7.46. The Morgan fingerprint density at radius 3 is 2.44 bits per heavy atom. The molecule has 0 saturated carbocycles. The van der Waals surface area contributed by atoms with Gasteiger partial charge in [-0.3, -0.25) is 4.90 Å². The third kappa shape index (κ3) is 2.64. The molecule has 1 aliphatic heterocycles. The molecular formula is C8H14Cl3N3OS. The first-order valence-electron chi connectivity index (χ1n) is 4.96. The topological polar surface area (TPSA) is 26.8 Å². The normalized spacial score (nSPS) is 20.9. The van der Waals surface area contributed by atoms with Crippen molar-refractivity contribution in [2.75, 3.05) is 12.8 Å². The lowest BCUT2D eigenvalue weighted by Gasteiger charge is -2.29. The molecule has 0 radical (unpaired) electrons. The number of unbranched alkanes of at least 4 members (excludes halogenated alkanes) is 2. The van der Waals surface area contributed by atoms with Crippen molar-refractivity contribution in [3.05, 3.63) is 0 Å². The van der Waals surface area contributed by atoms with Crippen molar-refractivity contribution in [1.82, 2.24) is 13.8 Å². The van der Waals surface area contributed by atoms with Gasteiger partial charge in [0.2, 0.25) is 0 Å². The van der Waals surface area contributed by atoms with Crippen molar-refractivity contribution in [2.45, 2.75) is 30.8 Å². The van der Waals surface area contributed by atoms with Gasteiger partial charge in [-0.1, -0.05) is 59.3 Å². The predicted octanol–water partition coefficient (Wildman–Crippen LogP) is 3.65. The minimum absolute atomic E-state index is 0.392. The van der Waals surface area contributed by atoms with E-state index in [2.05, 4.69) is 6.92 Å². The molecule has 0 aromatic rings. The Morgan fingerprint density at radius 2 is 2.00 bits per heavy atom. The number of hydrogen-bond donors (Lipinski definition) is 0. The van der Waals surface area contributed by atoms with Crippen LogP contribution < -0.4 is 0 Å². The molecule has 16 heavy (non-hydrogen) atoms. The lowest BCUT2D eigenvalue weighted by Crippen LogP contribution is -2.42. The van der Waals surface area contributed by atoms with Gasteiger partial charge in [0.25, 0.3) is 4.58 Å². The highest BCUT2D eigenvalue weighted by Gasteiger charge is 2.54. The van der Waals surface area contributed by atoms with E-state index in [9.17, 15) is 4.79 Å². The van der Waals surface area contributed by atoms with Crippen molar-refractivity contribution in [3.8, 4) is 0 Å². The molecule has 0 aliphatic carbocycles. The third-order valence-electron chi connectivity index (χ3n) is 2.26. The van der Waals surface area contributed by atoms with Crippen molar-refractivity contribution < 1.29 is 4.79 Å². The maximum absolute atomic E-state index is 11.8. The minimum Gasteiger partial charge on any atom is -0.275 e. The molecule has 1 fully saturated rings. The zero-order valence-corrected chi connectivity index (χ0v) is 12.2. The Bertz CT molecular complexity index is 267. The van der Waals surface area contributed by atoms with Crippen LogP contribution in [0.5, 0.6) is 0 Å². The third-order valence-corrected chi connectivity index (χ3v) is 4.35. The summed E-state index contributed by atoms with van der Waals surface area (Å²) in [7, 11) is 0. The van der Waals surface area contributed by atoms with Crippen LogP contribution in [0.25, 0.3) is 0 Å². The molecule has 2 amide bonds. The van der Waals surface area contributed by atoms with Gasteiger partial charge in [0.1, 0.15) is 0 Å². The summed E-state index contributed by atoms with van der Waals surface area (Å²) in [5.41, 5.74) is 0. The summed E-state index contributed by atoms with van der Waals surface area (Å²) in [5.74, 6) is 0. The molecule has 0 atom stereocenters. The van der Waals surface area contributed by atoms with Gasteiger partial charge >= 0.3 is 6.03 Å². The number of alkyl halides is 2. The molecule has 0 unspecified atom stereocenters. The van der Waals surface area contributed by atoms with Crippen LogP contribution in [0.15, 0.2) is 0 Å². The highest BCUT2D eigenvalue weighted by atomic mass is 35.5. The molecule has 0 N–H and O–H groups in total. The van der Waals surface area contributed by atoms with E-state index in [1.54, 1.807) is 6.26 Å². The molecule has 4 nitrogen and oxygen atoms in total. The smallest absolute Gasteiger partial charge is 0.275 e. The maximum Gasteiger partial charge on any atom is 0.354 e. The first kappa shape index (κ1) is 14.5. The van der Waals surface area contributed by atoms with Crippen LogP contribution in [-0.4, -0.2) is 37.3 Å². The lowest BCUT2D eigenvalue weighted by atomic mass is 10.2. The molecular weight excluding hydrogens is 293 g/mol. The van der Waals surface area contributed by atoms with Crippen LogP contribution in [0.1, 0.15) is 26.2 Å². The van der Waals surface area contributed by atoms with E-state index in [1.165, 1.54) is 21.3 Å². The van der Waals surface area contributed by atoms with E-state index in [0.29, 0.717) is 6.54 Å². The fraction of sp³-hybridized carbons (Fsp3) is 0.875. The highest BCUT2D eigenvalue weighted by Crippen LogP contribution is 2.43. The number of rotatable bonds is 5. The average molecular weight is 307 g/mol. The Labute approximate surface area is 115 Å².